The van der Waals surface area contributed by atoms with Crippen molar-refractivity contribution in [2.24, 2.45) is 0 Å². The van der Waals surface area contributed by atoms with E-state index in [-0.39, 0.29) is 23.6 Å². The highest BCUT2D eigenvalue weighted by Gasteiger charge is 2.32. The second-order valence-electron chi connectivity index (χ2n) is 4.62. The molecule has 2 atom stereocenters. The number of hydrogen-bond acceptors (Lipinski definition) is 5. The molecule has 0 aromatic rings. The maximum absolute atomic E-state index is 11.5. The third kappa shape index (κ3) is 4.54. The lowest BCUT2D eigenvalue weighted by atomic mass is 10.2. The average Bonchev–Trinajstić information content (AvgIpc) is 2.24. The molecule has 1 saturated heterocycles. The van der Waals surface area contributed by atoms with Crippen LogP contribution in [-0.2, 0) is 14.6 Å². The van der Waals surface area contributed by atoms with E-state index < -0.39 is 9.84 Å². The standard InChI is InChI=1S/C11H24N2O3S/c1-4-12-7-11(8-16-3)13-5-6-17(14,15)9-10(13)2/h10-12H,4-9H2,1-3H3. The topological polar surface area (TPSA) is 58.6 Å². The van der Waals surface area contributed by atoms with Crippen molar-refractivity contribution >= 4 is 9.84 Å². The van der Waals surface area contributed by atoms with E-state index >= 15 is 0 Å². The molecule has 0 bridgehead atoms. The van der Waals surface area contributed by atoms with Crippen molar-refractivity contribution in [3.63, 3.8) is 0 Å². The summed E-state index contributed by atoms with van der Waals surface area (Å²) in [6.07, 6.45) is 0. The molecule has 0 saturated carbocycles. The molecule has 1 aliphatic rings. The Morgan fingerprint density at radius 3 is 2.76 bits per heavy atom. The van der Waals surface area contributed by atoms with Crippen LogP contribution in [0.25, 0.3) is 0 Å². The number of sulfone groups is 1. The molecule has 0 aliphatic carbocycles. The predicted octanol–water partition coefficient (Wildman–Crippen LogP) is -0.270. The first kappa shape index (κ1) is 14.9. The summed E-state index contributed by atoms with van der Waals surface area (Å²) in [6, 6.07) is 0.331. The quantitative estimate of drug-likeness (QED) is 0.716. The first-order valence-corrected chi connectivity index (χ1v) is 7.98. The SMILES string of the molecule is CCNCC(COC)N1CCS(=O)(=O)CC1C. The van der Waals surface area contributed by atoms with E-state index in [0.717, 1.165) is 13.1 Å². The van der Waals surface area contributed by atoms with Crippen LogP contribution in [0.1, 0.15) is 13.8 Å². The molecular weight excluding hydrogens is 240 g/mol. The molecule has 0 spiro atoms. The molecule has 1 heterocycles. The van der Waals surface area contributed by atoms with Crippen molar-refractivity contribution in [3.05, 3.63) is 0 Å². The third-order valence-corrected chi connectivity index (χ3v) is 4.97. The lowest BCUT2D eigenvalue weighted by molar-refractivity contribution is 0.0719. The molecular formula is C11H24N2O3S. The number of rotatable bonds is 6. The van der Waals surface area contributed by atoms with Crippen LogP contribution in [0.15, 0.2) is 0 Å². The number of ether oxygens (including phenoxy) is 1. The van der Waals surface area contributed by atoms with E-state index in [4.69, 9.17) is 4.74 Å². The summed E-state index contributed by atoms with van der Waals surface area (Å²) < 4.78 is 28.3. The summed E-state index contributed by atoms with van der Waals surface area (Å²) in [6.45, 7) is 7.05. The molecule has 0 aromatic carbocycles. The first-order valence-electron chi connectivity index (χ1n) is 6.16. The molecule has 2 unspecified atom stereocenters. The zero-order chi connectivity index (χ0) is 12.9. The maximum atomic E-state index is 11.5. The maximum Gasteiger partial charge on any atom is 0.153 e. The van der Waals surface area contributed by atoms with Gasteiger partial charge in [-0.05, 0) is 13.5 Å². The second-order valence-corrected chi connectivity index (χ2v) is 6.85. The van der Waals surface area contributed by atoms with E-state index in [2.05, 4.69) is 17.1 Å². The van der Waals surface area contributed by atoms with Gasteiger partial charge in [-0.3, -0.25) is 4.90 Å². The van der Waals surface area contributed by atoms with E-state index in [1.807, 2.05) is 6.92 Å². The van der Waals surface area contributed by atoms with Gasteiger partial charge in [0.25, 0.3) is 0 Å². The molecule has 1 rings (SSSR count). The van der Waals surface area contributed by atoms with Gasteiger partial charge in [-0.25, -0.2) is 8.42 Å². The number of hydrogen-bond donors (Lipinski definition) is 1. The highest BCUT2D eigenvalue weighted by Crippen LogP contribution is 2.14. The number of methoxy groups -OCH3 is 1. The summed E-state index contributed by atoms with van der Waals surface area (Å²) in [5, 5.41) is 3.30. The lowest BCUT2D eigenvalue weighted by Gasteiger charge is -2.39. The van der Waals surface area contributed by atoms with Crippen LogP contribution in [0.3, 0.4) is 0 Å². The van der Waals surface area contributed by atoms with Crippen LogP contribution >= 0.6 is 0 Å². The fourth-order valence-corrected chi connectivity index (χ4v) is 3.91. The Labute approximate surface area is 104 Å². The van der Waals surface area contributed by atoms with Crippen LogP contribution in [0.2, 0.25) is 0 Å². The molecule has 0 radical (unpaired) electrons. The van der Waals surface area contributed by atoms with E-state index in [0.29, 0.717) is 13.2 Å². The van der Waals surface area contributed by atoms with Crippen molar-refractivity contribution in [2.45, 2.75) is 25.9 Å². The Kier molecular flexibility index (Phi) is 5.85. The number of likely N-dealkylation sites (N-methyl/N-ethyl adjacent to an activating group) is 1. The first-order chi connectivity index (χ1) is 8.00. The van der Waals surface area contributed by atoms with Gasteiger partial charge in [0.15, 0.2) is 9.84 Å². The molecule has 102 valence electrons. The van der Waals surface area contributed by atoms with Crippen LogP contribution in [-0.4, -0.2) is 70.3 Å². The van der Waals surface area contributed by atoms with E-state index in [1.54, 1.807) is 7.11 Å². The molecule has 0 aromatic heterocycles. The summed E-state index contributed by atoms with van der Waals surface area (Å²) >= 11 is 0. The Balaban J connectivity index is 2.61. The normalized spacial score (nSPS) is 26.9. The van der Waals surface area contributed by atoms with Crippen molar-refractivity contribution in [3.8, 4) is 0 Å². The Hall–Kier alpha value is -0.170. The zero-order valence-corrected chi connectivity index (χ0v) is 11.8. The van der Waals surface area contributed by atoms with Crippen LogP contribution in [0, 0.1) is 0 Å². The molecule has 1 aliphatic heterocycles. The second kappa shape index (κ2) is 6.68. The number of nitrogens with zero attached hydrogens (tertiary/aromatic N) is 1. The number of nitrogens with one attached hydrogen (secondary N) is 1. The van der Waals surface area contributed by atoms with Crippen LogP contribution in [0.5, 0.6) is 0 Å². The summed E-state index contributed by atoms with van der Waals surface area (Å²) in [5.74, 6) is 0.531. The smallest absolute Gasteiger partial charge is 0.153 e. The van der Waals surface area contributed by atoms with Gasteiger partial charge in [0.2, 0.25) is 0 Å². The fourth-order valence-electron chi connectivity index (χ4n) is 2.33. The Morgan fingerprint density at radius 2 is 2.24 bits per heavy atom. The van der Waals surface area contributed by atoms with Crippen molar-refractivity contribution in [1.82, 2.24) is 10.2 Å². The predicted molar refractivity (Wildman–Crippen MR) is 69.0 cm³/mol. The Bertz CT molecular complexity index is 319. The fraction of sp³-hybridized carbons (Fsp3) is 1.00. The monoisotopic (exact) mass is 264 g/mol. The van der Waals surface area contributed by atoms with Gasteiger partial charge in [-0.1, -0.05) is 6.92 Å². The largest absolute Gasteiger partial charge is 0.383 e. The average molecular weight is 264 g/mol. The minimum Gasteiger partial charge on any atom is -0.383 e. The molecule has 0 amide bonds. The van der Waals surface area contributed by atoms with Crippen LogP contribution in [0.4, 0.5) is 0 Å². The van der Waals surface area contributed by atoms with Crippen molar-refractivity contribution in [1.29, 1.82) is 0 Å². The van der Waals surface area contributed by atoms with E-state index in [9.17, 15) is 8.42 Å². The molecule has 1 fully saturated rings. The lowest BCUT2D eigenvalue weighted by Crippen LogP contribution is -2.55. The van der Waals surface area contributed by atoms with E-state index in [1.165, 1.54) is 0 Å². The summed E-state index contributed by atoms with van der Waals surface area (Å²) in [4.78, 5) is 2.24. The van der Waals surface area contributed by atoms with Gasteiger partial charge in [0.05, 0.1) is 18.1 Å². The van der Waals surface area contributed by atoms with Gasteiger partial charge in [0.1, 0.15) is 0 Å². The van der Waals surface area contributed by atoms with Gasteiger partial charge >= 0.3 is 0 Å². The van der Waals surface area contributed by atoms with Crippen molar-refractivity contribution in [2.75, 3.05) is 44.9 Å². The zero-order valence-electron chi connectivity index (χ0n) is 11.0. The highest BCUT2D eigenvalue weighted by atomic mass is 32.2. The van der Waals surface area contributed by atoms with Gasteiger partial charge in [-0.15, -0.1) is 0 Å². The molecule has 17 heavy (non-hydrogen) atoms. The van der Waals surface area contributed by atoms with Gasteiger partial charge < -0.3 is 10.1 Å². The minimum atomic E-state index is -2.84. The van der Waals surface area contributed by atoms with Gasteiger partial charge in [-0.2, -0.15) is 0 Å². The molecule has 6 heteroatoms. The summed E-state index contributed by atoms with van der Waals surface area (Å²) in [5.41, 5.74) is 0. The highest BCUT2D eigenvalue weighted by molar-refractivity contribution is 7.91. The third-order valence-electron chi connectivity index (χ3n) is 3.18. The minimum absolute atomic E-state index is 0.0764. The molecule has 5 nitrogen and oxygen atoms in total. The van der Waals surface area contributed by atoms with Gasteiger partial charge in [0, 0.05) is 32.3 Å². The van der Waals surface area contributed by atoms with Crippen molar-refractivity contribution < 1.29 is 13.2 Å². The summed E-state index contributed by atoms with van der Waals surface area (Å²) in [7, 11) is -1.15. The van der Waals surface area contributed by atoms with Crippen LogP contribution < -0.4 is 5.32 Å². The Morgan fingerprint density at radius 1 is 1.53 bits per heavy atom. The molecule has 1 N–H and O–H groups in total.